The van der Waals surface area contributed by atoms with Crippen molar-refractivity contribution in [3.05, 3.63) is 32.9 Å². The quantitative estimate of drug-likeness (QED) is 0.178. The van der Waals surface area contributed by atoms with Crippen LogP contribution in [-0.4, -0.2) is 91.0 Å². The number of methoxy groups -OCH3 is 1. The normalized spacial score (nSPS) is 25.1. The Kier molecular flexibility index (Phi) is 14.6. The molecule has 1 aromatic carbocycles. The first-order valence-electron chi connectivity index (χ1n) is 16.1. The molecule has 3 rings (SSSR count). The Hall–Kier alpha value is -2.22. The van der Waals surface area contributed by atoms with Gasteiger partial charge in [0.05, 0.1) is 29.4 Å². The van der Waals surface area contributed by atoms with Gasteiger partial charge in [-0.3, -0.25) is 14.4 Å². The molecule has 1 aromatic rings. The van der Waals surface area contributed by atoms with Crippen molar-refractivity contribution in [3.8, 4) is 11.5 Å². The second-order valence-electron chi connectivity index (χ2n) is 13.1. The number of nitrogens with one attached hydrogen (secondary N) is 1. The fraction of sp³-hybridized carbons (Fsp3) is 0.676. The van der Waals surface area contributed by atoms with Crippen molar-refractivity contribution in [2.75, 3.05) is 33.4 Å². The van der Waals surface area contributed by atoms with E-state index in [-0.39, 0.29) is 38.2 Å². The van der Waals surface area contributed by atoms with Crippen LogP contribution in [0, 0.1) is 27.2 Å². The van der Waals surface area contributed by atoms with Crippen LogP contribution in [0.1, 0.15) is 77.1 Å². The van der Waals surface area contributed by atoms with E-state index in [1.807, 2.05) is 22.6 Å². The van der Waals surface area contributed by atoms with Crippen molar-refractivity contribution in [3.63, 3.8) is 0 Å². The molecule has 6 atom stereocenters. The van der Waals surface area contributed by atoms with Crippen LogP contribution in [0.25, 0.3) is 0 Å². The third-order valence-corrected chi connectivity index (χ3v) is 9.71. The third-order valence-electron chi connectivity index (χ3n) is 8.91. The molecule has 0 saturated heterocycles. The summed E-state index contributed by atoms with van der Waals surface area (Å²) in [6, 6.07) is 2.42. The van der Waals surface area contributed by atoms with Gasteiger partial charge in [0.15, 0.2) is 11.5 Å². The summed E-state index contributed by atoms with van der Waals surface area (Å²) in [5.74, 6) is 1.62. The molecule has 0 aromatic heterocycles. The van der Waals surface area contributed by atoms with Crippen molar-refractivity contribution in [2.24, 2.45) is 23.7 Å². The largest absolute Gasteiger partial charge is 0.493 e. The molecule has 11 heteroatoms. The maximum absolute atomic E-state index is 14.0. The minimum absolute atomic E-state index is 0.0133. The molecular formula is C34H51IN2O8. The topological polar surface area (TPSA) is 135 Å². The van der Waals surface area contributed by atoms with Gasteiger partial charge < -0.3 is 34.6 Å². The van der Waals surface area contributed by atoms with E-state index >= 15 is 0 Å². The van der Waals surface area contributed by atoms with Crippen LogP contribution in [0.5, 0.6) is 11.5 Å². The molecule has 2 aliphatic carbocycles. The summed E-state index contributed by atoms with van der Waals surface area (Å²) in [7, 11) is 1.46. The molecule has 0 aliphatic heterocycles. The number of ether oxygens (including phenoxy) is 3. The van der Waals surface area contributed by atoms with Crippen molar-refractivity contribution in [1.82, 2.24) is 10.2 Å². The second-order valence-corrected chi connectivity index (χ2v) is 14.3. The zero-order valence-corrected chi connectivity index (χ0v) is 29.6. The molecule has 0 bridgehead atoms. The van der Waals surface area contributed by atoms with E-state index in [9.17, 15) is 24.6 Å². The van der Waals surface area contributed by atoms with Crippen LogP contribution in [0.3, 0.4) is 0 Å². The number of aliphatic hydroxyl groups is 2. The van der Waals surface area contributed by atoms with Gasteiger partial charge in [-0.15, -0.1) is 0 Å². The molecule has 10 nitrogen and oxygen atoms in total. The van der Waals surface area contributed by atoms with E-state index < -0.39 is 24.2 Å². The lowest BCUT2D eigenvalue weighted by Crippen LogP contribution is -2.56. The summed E-state index contributed by atoms with van der Waals surface area (Å²) >= 11 is 2.03. The molecule has 3 N–H and O–H groups in total. The summed E-state index contributed by atoms with van der Waals surface area (Å²) in [5, 5.41) is 23.8. The number of carbonyl (C=O) groups is 3. The molecule has 2 aliphatic rings. The number of benzene rings is 1. The number of aliphatic hydroxyl groups excluding tert-OH is 2. The monoisotopic (exact) mass is 742 g/mol. The Morgan fingerprint density at radius 1 is 1.20 bits per heavy atom. The average molecular weight is 743 g/mol. The molecule has 1 saturated carbocycles. The van der Waals surface area contributed by atoms with Crippen molar-refractivity contribution in [2.45, 2.75) is 91.1 Å². The number of carbonyl (C=O) groups excluding carboxylic acids is 3. The highest BCUT2D eigenvalue weighted by molar-refractivity contribution is 14.1. The van der Waals surface area contributed by atoms with Crippen LogP contribution < -0.4 is 14.8 Å². The van der Waals surface area contributed by atoms with E-state index in [0.29, 0.717) is 69.1 Å². The zero-order valence-electron chi connectivity index (χ0n) is 27.5. The Bertz CT molecular complexity index is 1190. The van der Waals surface area contributed by atoms with Gasteiger partial charge in [-0.25, -0.2) is 0 Å². The van der Waals surface area contributed by atoms with Crippen LogP contribution in [0.15, 0.2) is 23.8 Å². The molecule has 1 fully saturated rings. The molecule has 45 heavy (non-hydrogen) atoms. The van der Waals surface area contributed by atoms with E-state index in [2.05, 4.69) is 39.9 Å². The summed E-state index contributed by atoms with van der Waals surface area (Å²) in [6.07, 6.45) is 4.01. The number of hydrogen-bond donors (Lipinski definition) is 3. The first-order valence-corrected chi connectivity index (χ1v) is 17.2. The minimum Gasteiger partial charge on any atom is -0.493 e. The lowest BCUT2D eigenvalue weighted by atomic mass is 9.75. The van der Waals surface area contributed by atoms with E-state index in [1.54, 1.807) is 23.1 Å². The SMILES string of the molecule is COc1cc(C=O)cc(I)c1OC1C=C(C(=O)NCCO)CC(N(CCC(C)C)C(=O)COC2CC(C)CCC2C(C)C)C1O. The van der Waals surface area contributed by atoms with Crippen LogP contribution >= 0.6 is 22.6 Å². The first kappa shape index (κ1) is 37.2. The summed E-state index contributed by atoms with van der Waals surface area (Å²) in [4.78, 5) is 40.3. The molecule has 0 spiro atoms. The predicted molar refractivity (Wildman–Crippen MR) is 180 cm³/mol. The Morgan fingerprint density at radius 3 is 2.56 bits per heavy atom. The highest BCUT2D eigenvalue weighted by Gasteiger charge is 2.41. The number of halogens is 1. The summed E-state index contributed by atoms with van der Waals surface area (Å²) in [5.41, 5.74) is 0.745. The lowest BCUT2D eigenvalue weighted by molar-refractivity contribution is -0.148. The number of hydrogen-bond acceptors (Lipinski definition) is 8. The van der Waals surface area contributed by atoms with E-state index in [1.165, 1.54) is 7.11 Å². The van der Waals surface area contributed by atoms with E-state index in [0.717, 1.165) is 19.3 Å². The van der Waals surface area contributed by atoms with Gasteiger partial charge in [-0.1, -0.05) is 41.0 Å². The fourth-order valence-electron chi connectivity index (χ4n) is 6.28. The Morgan fingerprint density at radius 2 is 1.93 bits per heavy atom. The fourth-order valence-corrected chi connectivity index (χ4v) is 7.03. The van der Waals surface area contributed by atoms with Gasteiger partial charge in [0, 0.05) is 30.6 Å². The average Bonchev–Trinajstić information content (AvgIpc) is 3.00. The Balaban J connectivity index is 1.94. The van der Waals surface area contributed by atoms with Crippen LogP contribution in [-0.2, 0) is 14.3 Å². The van der Waals surface area contributed by atoms with Gasteiger partial charge in [0.25, 0.3) is 0 Å². The summed E-state index contributed by atoms with van der Waals surface area (Å²) in [6.45, 7) is 10.9. The lowest BCUT2D eigenvalue weighted by Gasteiger charge is -2.41. The van der Waals surface area contributed by atoms with E-state index in [4.69, 9.17) is 14.2 Å². The van der Waals surface area contributed by atoms with Crippen molar-refractivity contribution < 1.29 is 38.8 Å². The highest BCUT2D eigenvalue weighted by Crippen LogP contribution is 2.38. The van der Waals surface area contributed by atoms with Crippen LogP contribution in [0.2, 0.25) is 0 Å². The molecule has 252 valence electrons. The molecule has 6 unspecified atom stereocenters. The van der Waals surface area contributed by atoms with Crippen molar-refractivity contribution in [1.29, 1.82) is 0 Å². The second kappa shape index (κ2) is 17.6. The first-order chi connectivity index (χ1) is 21.4. The highest BCUT2D eigenvalue weighted by atomic mass is 127. The van der Waals surface area contributed by atoms with Gasteiger partial charge in [0.2, 0.25) is 11.8 Å². The molecule has 2 amide bonds. The smallest absolute Gasteiger partial charge is 0.248 e. The van der Waals surface area contributed by atoms with Gasteiger partial charge >= 0.3 is 0 Å². The van der Waals surface area contributed by atoms with Gasteiger partial charge in [0.1, 0.15) is 25.1 Å². The van der Waals surface area contributed by atoms with Crippen LogP contribution in [0.4, 0.5) is 0 Å². The summed E-state index contributed by atoms with van der Waals surface area (Å²) < 4.78 is 18.8. The predicted octanol–water partition coefficient (Wildman–Crippen LogP) is 4.38. The number of nitrogens with zero attached hydrogens (tertiary/aromatic N) is 1. The van der Waals surface area contributed by atoms with Crippen molar-refractivity contribution >= 4 is 40.7 Å². The molecule has 0 heterocycles. The third kappa shape index (κ3) is 10.1. The Labute approximate surface area is 281 Å². The zero-order chi connectivity index (χ0) is 33.3. The number of aldehydes is 1. The molecule has 0 radical (unpaired) electrons. The van der Waals surface area contributed by atoms with Gasteiger partial charge in [-0.2, -0.15) is 0 Å². The standard InChI is InChI=1S/C34H51IN2O8/c1-20(2)9-11-37(31(40)19-44-28-13-22(5)7-8-25(28)21(3)4)27-16-24(34(42)36-10-12-38)17-29(32(27)41)45-33-26(35)14-23(18-39)15-30(33)43-6/h14-15,17-18,20-22,25,27-29,32,38,41H,7-13,16,19H2,1-6H3,(H,36,42). The minimum atomic E-state index is -1.18. The number of rotatable bonds is 15. The molecular weight excluding hydrogens is 691 g/mol. The maximum Gasteiger partial charge on any atom is 0.248 e. The number of amides is 2. The maximum atomic E-state index is 14.0. The van der Waals surface area contributed by atoms with Gasteiger partial charge in [-0.05, 0) is 83.7 Å².